The van der Waals surface area contributed by atoms with E-state index in [0.29, 0.717) is 5.92 Å². The second kappa shape index (κ2) is 3.56. The van der Waals surface area contributed by atoms with Crippen molar-refractivity contribution in [2.45, 2.75) is 32.8 Å². The van der Waals surface area contributed by atoms with Gasteiger partial charge in [0.05, 0.1) is 6.10 Å². The minimum Gasteiger partial charge on any atom is -0.388 e. The Labute approximate surface area is 89.7 Å². The van der Waals surface area contributed by atoms with Crippen LogP contribution < -0.4 is 0 Å². The zero-order valence-electron chi connectivity index (χ0n) is 8.55. The van der Waals surface area contributed by atoms with Crippen LogP contribution in [0, 0.1) is 19.8 Å². The Hall–Kier alpha value is -0.530. The quantitative estimate of drug-likeness (QED) is 0.794. The number of hydrogen-bond donors (Lipinski definition) is 1. The van der Waals surface area contributed by atoms with E-state index >= 15 is 0 Å². The van der Waals surface area contributed by atoms with Crippen LogP contribution >= 0.6 is 11.6 Å². The maximum atomic E-state index is 10.0. The molecule has 2 heteroatoms. The average Bonchev–Trinajstić information content (AvgIpc) is 2.93. The molecule has 0 saturated heterocycles. The Balaban J connectivity index is 2.36. The van der Waals surface area contributed by atoms with E-state index in [0.717, 1.165) is 34.6 Å². The standard InChI is InChI=1S/C12H15ClO/c1-7-6-11(13)8(2)5-10(7)12(14)9-3-4-9/h5-6,9,12,14H,3-4H2,1-2H3. The predicted octanol–water partition coefficient (Wildman–Crippen LogP) is 3.40. The predicted molar refractivity (Wildman–Crippen MR) is 58.6 cm³/mol. The summed E-state index contributed by atoms with van der Waals surface area (Å²) in [5, 5.41) is 10.8. The molecule has 0 radical (unpaired) electrons. The summed E-state index contributed by atoms with van der Waals surface area (Å²) in [7, 11) is 0. The van der Waals surface area contributed by atoms with E-state index in [2.05, 4.69) is 0 Å². The van der Waals surface area contributed by atoms with Gasteiger partial charge in [-0.05, 0) is 55.4 Å². The van der Waals surface area contributed by atoms with Gasteiger partial charge in [0.2, 0.25) is 0 Å². The summed E-state index contributed by atoms with van der Waals surface area (Å²) >= 11 is 6.00. The Morgan fingerprint density at radius 2 is 1.93 bits per heavy atom. The molecule has 14 heavy (non-hydrogen) atoms. The third kappa shape index (κ3) is 1.79. The lowest BCUT2D eigenvalue weighted by Crippen LogP contribution is -2.02. The van der Waals surface area contributed by atoms with Crippen molar-refractivity contribution in [1.29, 1.82) is 0 Å². The topological polar surface area (TPSA) is 20.2 Å². The first-order valence-corrected chi connectivity index (χ1v) is 5.42. The van der Waals surface area contributed by atoms with E-state index in [1.54, 1.807) is 0 Å². The van der Waals surface area contributed by atoms with Gasteiger partial charge in [-0.15, -0.1) is 0 Å². The monoisotopic (exact) mass is 210 g/mol. The molecule has 1 aromatic rings. The first kappa shape index (κ1) is 10.0. The second-order valence-corrected chi connectivity index (χ2v) is 4.65. The third-order valence-corrected chi connectivity index (χ3v) is 3.34. The molecule has 1 saturated carbocycles. The van der Waals surface area contributed by atoms with Crippen LogP contribution in [0.5, 0.6) is 0 Å². The summed E-state index contributed by atoms with van der Waals surface area (Å²) in [5.74, 6) is 0.481. The number of halogens is 1. The van der Waals surface area contributed by atoms with E-state index in [1.807, 2.05) is 26.0 Å². The van der Waals surface area contributed by atoms with E-state index < -0.39 is 0 Å². The highest BCUT2D eigenvalue weighted by atomic mass is 35.5. The molecule has 2 rings (SSSR count). The summed E-state index contributed by atoms with van der Waals surface area (Å²) in [5.41, 5.74) is 3.20. The van der Waals surface area contributed by atoms with Crippen molar-refractivity contribution in [3.63, 3.8) is 0 Å². The van der Waals surface area contributed by atoms with Crippen LogP contribution in [0.15, 0.2) is 12.1 Å². The number of aliphatic hydroxyl groups is 1. The summed E-state index contributed by atoms with van der Waals surface area (Å²) in [6.45, 7) is 3.98. The minimum absolute atomic E-state index is 0.286. The van der Waals surface area contributed by atoms with Gasteiger partial charge in [0.15, 0.2) is 0 Å². The first-order valence-electron chi connectivity index (χ1n) is 5.04. The molecule has 0 aliphatic heterocycles. The van der Waals surface area contributed by atoms with Crippen molar-refractivity contribution >= 4 is 11.6 Å². The fourth-order valence-electron chi connectivity index (χ4n) is 1.79. The van der Waals surface area contributed by atoms with Crippen LogP contribution in [0.25, 0.3) is 0 Å². The van der Waals surface area contributed by atoms with E-state index in [9.17, 15) is 5.11 Å². The number of hydrogen-bond acceptors (Lipinski definition) is 1. The molecular weight excluding hydrogens is 196 g/mol. The molecule has 0 heterocycles. The van der Waals surface area contributed by atoms with Gasteiger partial charge in [0, 0.05) is 5.02 Å². The van der Waals surface area contributed by atoms with Crippen LogP contribution in [0.1, 0.15) is 35.6 Å². The van der Waals surface area contributed by atoms with Crippen LogP contribution in [0.4, 0.5) is 0 Å². The average molecular weight is 211 g/mol. The van der Waals surface area contributed by atoms with Crippen molar-refractivity contribution in [1.82, 2.24) is 0 Å². The smallest absolute Gasteiger partial charge is 0.0820 e. The van der Waals surface area contributed by atoms with Gasteiger partial charge in [0.25, 0.3) is 0 Å². The number of benzene rings is 1. The van der Waals surface area contributed by atoms with Crippen molar-refractivity contribution in [2.24, 2.45) is 5.92 Å². The molecule has 1 aliphatic rings. The van der Waals surface area contributed by atoms with Gasteiger partial charge in [-0.25, -0.2) is 0 Å². The summed E-state index contributed by atoms with van der Waals surface area (Å²) < 4.78 is 0. The molecule has 0 amide bonds. The fourth-order valence-corrected chi connectivity index (χ4v) is 2.01. The molecule has 1 N–H and O–H groups in total. The SMILES string of the molecule is Cc1cc(C(O)C2CC2)c(C)cc1Cl. The minimum atomic E-state index is -0.286. The summed E-state index contributed by atoms with van der Waals surface area (Å²) in [6, 6.07) is 3.96. The lowest BCUT2D eigenvalue weighted by molar-refractivity contribution is 0.153. The van der Waals surface area contributed by atoms with Crippen LogP contribution in [-0.2, 0) is 0 Å². The first-order chi connectivity index (χ1) is 6.59. The van der Waals surface area contributed by atoms with Gasteiger partial charge >= 0.3 is 0 Å². The number of rotatable bonds is 2. The summed E-state index contributed by atoms with van der Waals surface area (Å²) in [6.07, 6.45) is 2.02. The maximum Gasteiger partial charge on any atom is 0.0820 e. The number of aryl methyl sites for hydroxylation is 2. The van der Waals surface area contributed by atoms with Crippen molar-refractivity contribution < 1.29 is 5.11 Å². The van der Waals surface area contributed by atoms with Crippen molar-refractivity contribution in [3.8, 4) is 0 Å². The Morgan fingerprint density at radius 3 is 2.50 bits per heavy atom. The van der Waals surface area contributed by atoms with Crippen LogP contribution in [0.3, 0.4) is 0 Å². The van der Waals surface area contributed by atoms with Crippen molar-refractivity contribution in [2.75, 3.05) is 0 Å². The molecule has 0 aromatic heterocycles. The lowest BCUT2D eigenvalue weighted by Gasteiger charge is -2.14. The maximum absolute atomic E-state index is 10.0. The normalized spacial score (nSPS) is 18.3. The summed E-state index contributed by atoms with van der Waals surface area (Å²) in [4.78, 5) is 0. The van der Waals surface area contributed by atoms with E-state index in [1.165, 1.54) is 0 Å². The highest BCUT2D eigenvalue weighted by Gasteiger charge is 2.31. The lowest BCUT2D eigenvalue weighted by atomic mass is 9.98. The fraction of sp³-hybridized carbons (Fsp3) is 0.500. The molecule has 1 nitrogen and oxygen atoms in total. The highest BCUT2D eigenvalue weighted by molar-refractivity contribution is 6.31. The van der Waals surface area contributed by atoms with Crippen molar-refractivity contribution in [3.05, 3.63) is 33.8 Å². The van der Waals surface area contributed by atoms with Gasteiger partial charge in [-0.2, -0.15) is 0 Å². The van der Waals surface area contributed by atoms with Gasteiger partial charge in [-0.1, -0.05) is 17.7 Å². The van der Waals surface area contributed by atoms with E-state index in [4.69, 9.17) is 11.6 Å². The molecule has 1 fully saturated rings. The Morgan fingerprint density at radius 1 is 1.29 bits per heavy atom. The zero-order valence-corrected chi connectivity index (χ0v) is 9.30. The van der Waals surface area contributed by atoms with Gasteiger partial charge in [0.1, 0.15) is 0 Å². The molecule has 0 bridgehead atoms. The molecular formula is C12H15ClO. The largest absolute Gasteiger partial charge is 0.388 e. The second-order valence-electron chi connectivity index (χ2n) is 4.24. The van der Waals surface area contributed by atoms with Crippen LogP contribution in [0.2, 0.25) is 5.02 Å². The molecule has 0 spiro atoms. The molecule has 76 valence electrons. The van der Waals surface area contributed by atoms with Crippen LogP contribution in [-0.4, -0.2) is 5.11 Å². The Kier molecular flexibility index (Phi) is 2.54. The van der Waals surface area contributed by atoms with E-state index in [-0.39, 0.29) is 6.10 Å². The van der Waals surface area contributed by atoms with Gasteiger partial charge in [-0.3, -0.25) is 0 Å². The third-order valence-electron chi connectivity index (χ3n) is 2.93. The molecule has 1 atom stereocenters. The molecule has 1 unspecified atom stereocenters. The van der Waals surface area contributed by atoms with Gasteiger partial charge < -0.3 is 5.11 Å². The molecule has 1 aromatic carbocycles. The molecule has 1 aliphatic carbocycles. The number of aliphatic hydroxyl groups excluding tert-OH is 1. The zero-order chi connectivity index (χ0) is 10.3. The highest BCUT2D eigenvalue weighted by Crippen LogP contribution is 2.42. The Bertz CT molecular complexity index is 356.